The summed E-state index contributed by atoms with van der Waals surface area (Å²) in [5, 5.41) is 5.43. The summed E-state index contributed by atoms with van der Waals surface area (Å²) in [6.07, 6.45) is 0. The molecule has 2 rings (SSSR count). The molecule has 0 aliphatic rings. The summed E-state index contributed by atoms with van der Waals surface area (Å²) < 4.78 is 31.7. The summed E-state index contributed by atoms with van der Waals surface area (Å²) in [7, 11) is 9.00. The third-order valence-corrected chi connectivity index (χ3v) is 3.85. The first-order valence-corrected chi connectivity index (χ1v) is 8.19. The van der Waals surface area contributed by atoms with Crippen LogP contribution in [-0.4, -0.2) is 48.7 Å². The van der Waals surface area contributed by atoms with E-state index in [1.807, 2.05) is 0 Å². The van der Waals surface area contributed by atoms with Crippen LogP contribution in [0.25, 0.3) is 0 Å². The topological polar surface area (TPSA) is 96.5 Å². The van der Waals surface area contributed by atoms with E-state index in [9.17, 15) is 4.79 Å². The maximum absolute atomic E-state index is 12.4. The van der Waals surface area contributed by atoms with Gasteiger partial charge in [-0.2, -0.15) is 0 Å². The number of hydrogen-bond donors (Lipinski definition) is 2. The van der Waals surface area contributed by atoms with E-state index < -0.39 is 6.03 Å². The fourth-order valence-corrected chi connectivity index (χ4v) is 2.60. The van der Waals surface area contributed by atoms with E-state index in [0.717, 1.165) is 0 Å². The second kappa shape index (κ2) is 9.45. The molecule has 9 heteroatoms. The second-order valence-corrected chi connectivity index (χ2v) is 5.41. The van der Waals surface area contributed by atoms with Crippen molar-refractivity contribution < 1.29 is 33.2 Å². The summed E-state index contributed by atoms with van der Waals surface area (Å²) in [4.78, 5) is 12.4. The van der Waals surface area contributed by atoms with Crippen LogP contribution < -0.4 is 39.1 Å². The SMILES string of the molecule is COc1cc(NC(=O)Nc2cc(OC)c(OC)c(OC)c2)cc(OC)c1OC. The van der Waals surface area contributed by atoms with E-state index >= 15 is 0 Å². The maximum Gasteiger partial charge on any atom is 0.323 e. The van der Waals surface area contributed by atoms with E-state index in [2.05, 4.69) is 10.6 Å². The number of ether oxygens (including phenoxy) is 6. The predicted molar refractivity (Wildman–Crippen MR) is 105 cm³/mol. The number of urea groups is 1. The van der Waals surface area contributed by atoms with Crippen LogP contribution in [0.3, 0.4) is 0 Å². The molecule has 2 aromatic carbocycles. The Hall–Kier alpha value is -3.49. The van der Waals surface area contributed by atoms with E-state index in [0.29, 0.717) is 45.9 Å². The first kappa shape index (κ1) is 20.8. The molecule has 28 heavy (non-hydrogen) atoms. The average molecular weight is 392 g/mol. The van der Waals surface area contributed by atoms with Crippen LogP contribution in [0.2, 0.25) is 0 Å². The van der Waals surface area contributed by atoms with Gasteiger partial charge in [0.2, 0.25) is 11.5 Å². The van der Waals surface area contributed by atoms with Crippen LogP contribution in [0.15, 0.2) is 24.3 Å². The summed E-state index contributed by atoms with van der Waals surface area (Å²) in [6, 6.07) is 6.00. The first-order valence-electron chi connectivity index (χ1n) is 8.19. The molecule has 9 nitrogen and oxygen atoms in total. The average Bonchev–Trinajstić information content (AvgIpc) is 2.71. The van der Waals surface area contributed by atoms with Crippen molar-refractivity contribution >= 4 is 17.4 Å². The van der Waals surface area contributed by atoms with Gasteiger partial charge < -0.3 is 39.1 Å². The number of benzene rings is 2. The summed E-state index contributed by atoms with van der Waals surface area (Å²) in [5.41, 5.74) is 0.916. The molecule has 0 heterocycles. The summed E-state index contributed by atoms with van der Waals surface area (Å²) in [5.74, 6) is 2.55. The minimum Gasteiger partial charge on any atom is -0.493 e. The Balaban J connectivity index is 2.25. The van der Waals surface area contributed by atoms with Gasteiger partial charge in [-0.3, -0.25) is 0 Å². The monoisotopic (exact) mass is 392 g/mol. The van der Waals surface area contributed by atoms with Crippen LogP contribution in [0.1, 0.15) is 0 Å². The number of methoxy groups -OCH3 is 6. The van der Waals surface area contributed by atoms with Crippen molar-refractivity contribution in [2.75, 3.05) is 53.3 Å². The lowest BCUT2D eigenvalue weighted by molar-refractivity contribution is 0.262. The quantitative estimate of drug-likeness (QED) is 0.711. The Morgan fingerprint density at radius 2 is 0.857 bits per heavy atom. The number of nitrogens with one attached hydrogen (secondary N) is 2. The van der Waals surface area contributed by atoms with Crippen LogP contribution >= 0.6 is 0 Å². The minimum absolute atomic E-state index is 0.421. The molecular formula is C19H24N2O7. The molecule has 0 saturated carbocycles. The minimum atomic E-state index is -0.483. The number of amides is 2. The Kier molecular flexibility index (Phi) is 7.02. The first-order chi connectivity index (χ1) is 13.5. The van der Waals surface area contributed by atoms with Crippen molar-refractivity contribution in [2.24, 2.45) is 0 Å². The lowest BCUT2D eigenvalue weighted by atomic mass is 10.2. The van der Waals surface area contributed by atoms with E-state index in [-0.39, 0.29) is 0 Å². The van der Waals surface area contributed by atoms with Crippen LogP contribution in [0.4, 0.5) is 16.2 Å². The normalized spacial score (nSPS) is 9.93. The molecule has 0 bridgehead atoms. The van der Waals surface area contributed by atoms with Gasteiger partial charge in [0.25, 0.3) is 0 Å². The van der Waals surface area contributed by atoms with Gasteiger partial charge in [-0.05, 0) is 0 Å². The number of carbonyl (C=O) groups is 1. The molecular weight excluding hydrogens is 368 g/mol. The Morgan fingerprint density at radius 3 is 1.07 bits per heavy atom. The molecule has 152 valence electrons. The molecule has 0 aromatic heterocycles. The molecule has 2 amide bonds. The zero-order chi connectivity index (χ0) is 20.7. The van der Waals surface area contributed by atoms with E-state index in [1.165, 1.54) is 42.7 Å². The van der Waals surface area contributed by atoms with Gasteiger partial charge in [0.1, 0.15) is 0 Å². The molecule has 0 unspecified atom stereocenters. The fourth-order valence-electron chi connectivity index (χ4n) is 2.60. The number of anilines is 2. The van der Waals surface area contributed by atoms with Crippen molar-refractivity contribution in [3.8, 4) is 34.5 Å². The van der Waals surface area contributed by atoms with Gasteiger partial charge in [-0.25, -0.2) is 4.79 Å². The summed E-state index contributed by atoms with van der Waals surface area (Å²) >= 11 is 0. The highest BCUT2D eigenvalue weighted by atomic mass is 16.5. The largest absolute Gasteiger partial charge is 0.493 e. The highest BCUT2D eigenvalue weighted by Crippen LogP contribution is 2.41. The molecule has 0 radical (unpaired) electrons. The molecule has 0 spiro atoms. The number of carbonyl (C=O) groups excluding carboxylic acids is 1. The zero-order valence-corrected chi connectivity index (χ0v) is 16.7. The second-order valence-electron chi connectivity index (χ2n) is 5.41. The van der Waals surface area contributed by atoms with Crippen molar-refractivity contribution in [3.05, 3.63) is 24.3 Å². The Morgan fingerprint density at radius 1 is 0.571 bits per heavy atom. The molecule has 0 aliphatic carbocycles. The van der Waals surface area contributed by atoms with Crippen molar-refractivity contribution in [2.45, 2.75) is 0 Å². The predicted octanol–water partition coefficient (Wildman–Crippen LogP) is 3.38. The third-order valence-electron chi connectivity index (χ3n) is 3.85. The van der Waals surface area contributed by atoms with E-state index in [1.54, 1.807) is 24.3 Å². The smallest absolute Gasteiger partial charge is 0.323 e. The standard InChI is InChI=1S/C19H24N2O7/c1-23-13-7-11(8-14(24-2)17(13)27-5)20-19(22)21-12-9-15(25-3)18(28-6)16(10-12)26-4/h7-10H,1-6H3,(H2,20,21,22). The van der Waals surface area contributed by atoms with Crippen molar-refractivity contribution in [1.29, 1.82) is 0 Å². The number of rotatable bonds is 8. The van der Waals surface area contributed by atoms with Gasteiger partial charge in [-0.1, -0.05) is 0 Å². The van der Waals surface area contributed by atoms with Crippen molar-refractivity contribution in [3.63, 3.8) is 0 Å². The Bertz CT molecular complexity index is 722. The Labute approximate surface area is 163 Å². The van der Waals surface area contributed by atoms with Gasteiger partial charge in [0.05, 0.1) is 54.0 Å². The van der Waals surface area contributed by atoms with Crippen molar-refractivity contribution in [1.82, 2.24) is 0 Å². The van der Waals surface area contributed by atoms with Gasteiger partial charge >= 0.3 is 6.03 Å². The lowest BCUT2D eigenvalue weighted by Gasteiger charge is -2.16. The summed E-state index contributed by atoms with van der Waals surface area (Å²) in [6.45, 7) is 0. The fraction of sp³-hybridized carbons (Fsp3) is 0.316. The molecule has 0 fully saturated rings. The molecule has 2 aromatic rings. The lowest BCUT2D eigenvalue weighted by Crippen LogP contribution is -2.19. The zero-order valence-electron chi connectivity index (χ0n) is 16.7. The molecule has 0 saturated heterocycles. The maximum atomic E-state index is 12.4. The van der Waals surface area contributed by atoms with Gasteiger partial charge in [-0.15, -0.1) is 0 Å². The third kappa shape index (κ3) is 4.43. The number of hydrogen-bond acceptors (Lipinski definition) is 7. The highest BCUT2D eigenvalue weighted by molar-refractivity contribution is 6.00. The highest BCUT2D eigenvalue weighted by Gasteiger charge is 2.16. The molecule has 0 aliphatic heterocycles. The van der Waals surface area contributed by atoms with Gasteiger partial charge in [0.15, 0.2) is 23.0 Å². The van der Waals surface area contributed by atoms with Crippen LogP contribution in [0.5, 0.6) is 34.5 Å². The molecule has 0 atom stereocenters. The van der Waals surface area contributed by atoms with Gasteiger partial charge in [0, 0.05) is 24.3 Å². The molecule has 2 N–H and O–H groups in total. The van der Waals surface area contributed by atoms with Crippen LogP contribution in [0, 0.1) is 0 Å². The van der Waals surface area contributed by atoms with Crippen LogP contribution in [-0.2, 0) is 0 Å². The van der Waals surface area contributed by atoms with E-state index in [4.69, 9.17) is 28.4 Å².